The summed E-state index contributed by atoms with van der Waals surface area (Å²) >= 11 is 3.57. The van der Waals surface area contributed by atoms with Gasteiger partial charge in [0.05, 0.1) is 25.6 Å². The summed E-state index contributed by atoms with van der Waals surface area (Å²) in [5, 5.41) is 4.26. The fourth-order valence-electron chi connectivity index (χ4n) is 2.07. The van der Waals surface area contributed by atoms with Crippen LogP contribution in [0.2, 0.25) is 0 Å². The van der Waals surface area contributed by atoms with E-state index in [-0.39, 0.29) is 0 Å². The lowest BCUT2D eigenvalue weighted by Gasteiger charge is -2.14. The molecule has 0 spiro atoms. The maximum Gasteiger partial charge on any atom is 0.123 e. The average Bonchev–Trinajstić information content (AvgIpc) is 2.51. The van der Waals surface area contributed by atoms with Crippen molar-refractivity contribution in [2.24, 2.45) is 5.10 Å². The summed E-state index contributed by atoms with van der Waals surface area (Å²) in [4.78, 5) is 2.06. The quantitative estimate of drug-likeness (QED) is 0.630. The van der Waals surface area contributed by atoms with Gasteiger partial charge in [-0.05, 0) is 39.7 Å². The number of hydrazone groups is 1. The maximum atomic E-state index is 5.31. The lowest BCUT2D eigenvalue weighted by atomic mass is 10.2. The van der Waals surface area contributed by atoms with Crippen LogP contribution in [0.5, 0.6) is 5.75 Å². The Bertz CT molecular complexity index is 656. The Balaban J connectivity index is 1.97. The van der Waals surface area contributed by atoms with E-state index < -0.39 is 0 Å². The number of hydrogen-bond donors (Lipinski definition) is 1. The predicted molar refractivity (Wildman–Crippen MR) is 95.9 cm³/mol. The number of rotatable bonds is 6. The Morgan fingerprint density at radius 3 is 2.68 bits per heavy atom. The number of para-hydroxylation sites is 1. The van der Waals surface area contributed by atoms with Gasteiger partial charge in [-0.2, -0.15) is 5.10 Å². The first-order valence-corrected chi connectivity index (χ1v) is 7.76. The summed E-state index contributed by atoms with van der Waals surface area (Å²) in [7, 11) is 5.71. The SMILES string of the molecule is COc1ccccc1CN/N=C/c1ccc(N(C)C)c(Br)c1. The molecule has 0 saturated heterocycles. The maximum absolute atomic E-state index is 5.31. The number of halogens is 1. The molecule has 2 rings (SSSR count). The van der Waals surface area contributed by atoms with Gasteiger partial charge in [-0.15, -0.1) is 0 Å². The van der Waals surface area contributed by atoms with E-state index in [4.69, 9.17) is 4.74 Å². The fraction of sp³-hybridized carbons (Fsp3) is 0.235. The highest BCUT2D eigenvalue weighted by molar-refractivity contribution is 9.10. The molecule has 2 aromatic carbocycles. The number of methoxy groups -OCH3 is 1. The van der Waals surface area contributed by atoms with E-state index in [9.17, 15) is 0 Å². The van der Waals surface area contributed by atoms with Crippen LogP contribution >= 0.6 is 15.9 Å². The predicted octanol–water partition coefficient (Wildman–Crippen LogP) is 3.65. The molecular formula is C17H20BrN3O. The van der Waals surface area contributed by atoms with Crippen LogP contribution in [0.1, 0.15) is 11.1 Å². The van der Waals surface area contributed by atoms with Gasteiger partial charge in [0.2, 0.25) is 0 Å². The molecular weight excluding hydrogens is 342 g/mol. The Hall–Kier alpha value is -2.01. The van der Waals surface area contributed by atoms with Crippen molar-refractivity contribution in [2.45, 2.75) is 6.54 Å². The zero-order chi connectivity index (χ0) is 15.9. The Morgan fingerprint density at radius 2 is 2.00 bits per heavy atom. The zero-order valence-electron chi connectivity index (χ0n) is 13.0. The number of benzene rings is 2. The first-order valence-electron chi connectivity index (χ1n) is 6.96. The first-order chi connectivity index (χ1) is 10.6. The molecule has 0 heterocycles. The van der Waals surface area contributed by atoms with E-state index in [2.05, 4.69) is 37.4 Å². The summed E-state index contributed by atoms with van der Waals surface area (Å²) in [6, 6.07) is 14.0. The van der Waals surface area contributed by atoms with Crippen LogP contribution in [0.3, 0.4) is 0 Å². The van der Waals surface area contributed by atoms with Crippen LogP contribution in [0.25, 0.3) is 0 Å². The van der Waals surface area contributed by atoms with Crippen LogP contribution < -0.4 is 15.1 Å². The van der Waals surface area contributed by atoms with Crippen molar-refractivity contribution in [3.8, 4) is 5.75 Å². The van der Waals surface area contributed by atoms with Gasteiger partial charge in [0, 0.05) is 24.1 Å². The highest BCUT2D eigenvalue weighted by Crippen LogP contribution is 2.25. The second-order valence-electron chi connectivity index (χ2n) is 5.01. The molecule has 0 aliphatic rings. The summed E-state index contributed by atoms with van der Waals surface area (Å²) in [5.74, 6) is 0.864. The molecule has 0 amide bonds. The largest absolute Gasteiger partial charge is 0.496 e. The van der Waals surface area contributed by atoms with Gasteiger partial charge in [-0.25, -0.2) is 0 Å². The van der Waals surface area contributed by atoms with Crippen molar-refractivity contribution in [2.75, 3.05) is 26.1 Å². The van der Waals surface area contributed by atoms with Gasteiger partial charge in [0.15, 0.2) is 0 Å². The lowest BCUT2D eigenvalue weighted by molar-refractivity contribution is 0.408. The molecule has 0 bridgehead atoms. The smallest absolute Gasteiger partial charge is 0.123 e. The summed E-state index contributed by atoms with van der Waals surface area (Å²) in [5.41, 5.74) is 6.29. The third kappa shape index (κ3) is 4.24. The van der Waals surface area contributed by atoms with E-state index in [1.54, 1.807) is 13.3 Å². The fourth-order valence-corrected chi connectivity index (χ4v) is 2.82. The number of anilines is 1. The van der Waals surface area contributed by atoms with Crippen molar-refractivity contribution in [3.05, 3.63) is 58.1 Å². The number of nitrogens with one attached hydrogen (secondary N) is 1. The minimum absolute atomic E-state index is 0.622. The Kier molecular flexibility index (Phi) is 5.83. The van der Waals surface area contributed by atoms with Gasteiger partial charge in [-0.3, -0.25) is 0 Å². The van der Waals surface area contributed by atoms with Gasteiger partial charge in [-0.1, -0.05) is 24.3 Å². The Morgan fingerprint density at radius 1 is 1.23 bits per heavy atom. The standard InChI is InChI=1S/C17H20BrN3O/c1-21(2)16-9-8-13(10-15(16)18)11-19-20-12-14-6-4-5-7-17(14)22-3/h4-11,20H,12H2,1-3H3/b19-11+. The van der Waals surface area contributed by atoms with Crippen molar-refractivity contribution in [3.63, 3.8) is 0 Å². The van der Waals surface area contributed by atoms with E-state index >= 15 is 0 Å². The van der Waals surface area contributed by atoms with Crippen LogP contribution in [0, 0.1) is 0 Å². The second kappa shape index (κ2) is 7.84. The lowest BCUT2D eigenvalue weighted by Crippen LogP contribution is -2.09. The monoisotopic (exact) mass is 361 g/mol. The highest BCUT2D eigenvalue weighted by atomic mass is 79.9. The molecule has 0 aliphatic carbocycles. The Labute approximate surface area is 139 Å². The molecule has 116 valence electrons. The molecule has 5 heteroatoms. The molecule has 1 N–H and O–H groups in total. The normalized spacial score (nSPS) is 10.7. The van der Waals surface area contributed by atoms with Crippen LogP contribution in [0.15, 0.2) is 52.0 Å². The van der Waals surface area contributed by atoms with Crippen LogP contribution in [-0.4, -0.2) is 27.4 Å². The zero-order valence-corrected chi connectivity index (χ0v) is 14.6. The molecule has 0 unspecified atom stereocenters. The van der Waals surface area contributed by atoms with E-state index in [0.29, 0.717) is 6.54 Å². The first kappa shape index (κ1) is 16.4. The highest BCUT2D eigenvalue weighted by Gasteiger charge is 2.02. The number of hydrogen-bond acceptors (Lipinski definition) is 4. The molecule has 0 atom stereocenters. The molecule has 2 aromatic rings. The molecule has 0 fully saturated rings. The average molecular weight is 362 g/mol. The van der Waals surface area contributed by atoms with Gasteiger partial charge in [0.25, 0.3) is 0 Å². The molecule has 22 heavy (non-hydrogen) atoms. The molecule has 4 nitrogen and oxygen atoms in total. The molecule has 0 saturated carbocycles. The van der Waals surface area contributed by atoms with Gasteiger partial charge in [0.1, 0.15) is 5.75 Å². The van der Waals surface area contributed by atoms with Crippen molar-refractivity contribution in [1.82, 2.24) is 5.43 Å². The van der Waals surface area contributed by atoms with Gasteiger partial charge >= 0.3 is 0 Å². The van der Waals surface area contributed by atoms with Crippen molar-refractivity contribution < 1.29 is 4.74 Å². The van der Waals surface area contributed by atoms with E-state index in [1.807, 2.05) is 50.5 Å². The molecule has 0 aliphatic heterocycles. The van der Waals surface area contributed by atoms with Crippen LogP contribution in [0.4, 0.5) is 5.69 Å². The summed E-state index contributed by atoms with van der Waals surface area (Å²) in [6.45, 7) is 0.622. The topological polar surface area (TPSA) is 36.9 Å². The molecule has 0 aromatic heterocycles. The third-order valence-electron chi connectivity index (χ3n) is 3.22. The minimum Gasteiger partial charge on any atom is -0.496 e. The van der Waals surface area contributed by atoms with Crippen molar-refractivity contribution in [1.29, 1.82) is 0 Å². The summed E-state index contributed by atoms with van der Waals surface area (Å²) < 4.78 is 6.36. The third-order valence-corrected chi connectivity index (χ3v) is 3.86. The van der Waals surface area contributed by atoms with Crippen molar-refractivity contribution >= 4 is 27.8 Å². The second-order valence-corrected chi connectivity index (χ2v) is 5.86. The number of ether oxygens (including phenoxy) is 1. The van der Waals surface area contributed by atoms with E-state index in [0.717, 1.165) is 27.0 Å². The minimum atomic E-state index is 0.622. The number of nitrogens with zero attached hydrogens (tertiary/aromatic N) is 2. The molecule has 0 radical (unpaired) electrons. The van der Waals surface area contributed by atoms with Crippen LogP contribution in [-0.2, 0) is 6.54 Å². The van der Waals surface area contributed by atoms with Gasteiger partial charge < -0.3 is 15.1 Å². The van der Waals surface area contributed by atoms with E-state index in [1.165, 1.54) is 0 Å². The summed E-state index contributed by atoms with van der Waals surface area (Å²) in [6.07, 6.45) is 1.81.